The van der Waals surface area contributed by atoms with Crippen LogP contribution in [0.1, 0.15) is 23.0 Å². The van der Waals surface area contributed by atoms with Crippen molar-refractivity contribution in [2.45, 2.75) is 18.4 Å². The molecule has 37 heavy (non-hydrogen) atoms. The molecule has 0 fully saturated rings. The summed E-state index contributed by atoms with van der Waals surface area (Å²) in [7, 11) is -3.80. The Hall–Kier alpha value is -3.47. The Labute approximate surface area is 227 Å². The number of rotatable bonds is 8. The number of anilines is 2. The lowest BCUT2D eigenvalue weighted by atomic mass is 10.2. The Morgan fingerprint density at radius 2 is 1.76 bits per heavy atom. The number of nitrogens with zero attached hydrogens (tertiary/aromatic N) is 3. The van der Waals surface area contributed by atoms with Gasteiger partial charge < -0.3 is 4.42 Å². The summed E-state index contributed by atoms with van der Waals surface area (Å²) in [4.78, 5) is 20.0. The van der Waals surface area contributed by atoms with Gasteiger partial charge in [0.15, 0.2) is 5.13 Å². The molecular weight excluding hydrogens is 574 g/mol. The van der Waals surface area contributed by atoms with E-state index >= 15 is 0 Å². The van der Waals surface area contributed by atoms with E-state index in [9.17, 15) is 13.2 Å². The number of fused-ring (bicyclic) bond motifs is 1. The monoisotopic (exact) mass is 595 g/mol. The van der Waals surface area contributed by atoms with Crippen LogP contribution in [0.3, 0.4) is 0 Å². The number of carbonyl (C=O) groups is 1. The molecule has 0 radical (unpaired) electrons. The predicted molar refractivity (Wildman–Crippen MR) is 150 cm³/mol. The van der Waals surface area contributed by atoms with Crippen molar-refractivity contribution in [2.24, 2.45) is 0 Å². The third-order valence-electron chi connectivity index (χ3n) is 5.73. The van der Waals surface area contributed by atoms with Gasteiger partial charge in [0.2, 0.25) is 0 Å². The number of furan rings is 1. The number of sulfonamides is 1. The summed E-state index contributed by atoms with van der Waals surface area (Å²) in [6.45, 7) is 2.24. The van der Waals surface area contributed by atoms with Crippen molar-refractivity contribution >= 4 is 64.2 Å². The molecule has 1 amide bonds. The van der Waals surface area contributed by atoms with E-state index in [4.69, 9.17) is 4.42 Å². The molecule has 2 heterocycles. The Kier molecular flexibility index (Phi) is 7.14. The van der Waals surface area contributed by atoms with E-state index in [-0.39, 0.29) is 23.9 Å². The zero-order chi connectivity index (χ0) is 26.0. The molecule has 3 aromatic carbocycles. The van der Waals surface area contributed by atoms with E-state index in [1.165, 1.54) is 39.9 Å². The number of thiazole rings is 1. The summed E-state index contributed by atoms with van der Waals surface area (Å²) in [5, 5.41) is 0.521. The summed E-state index contributed by atoms with van der Waals surface area (Å²) < 4.78 is 35.4. The van der Waals surface area contributed by atoms with Crippen LogP contribution in [-0.4, -0.2) is 25.9 Å². The Bertz CT molecular complexity index is 1630. The van der Waals surface area contributed by atoms with Gasteiger partial charge in [-0.1, -0.05) is 45.5 Å². The molecule has 0 bridgehead atoms. The van der Waals surface area contributed by atoms with Gasteiger partial charge in [-0.15, -0.1) is 0 Å². The normalized spacial score (nSPS) is 11.5. The molecule has 0 N–H and O–H groups in total. The van der Waals surface area contributed by atoms with E-state index in [2.05, 4.69) is 20.9 Å². The van der Waals surface area contributed by atoms with E-state index in [0.717, 1.165) is 14.7 Å². The Morgan fingerprint density at radius 3 is 2.43 bits per heavy atom. The van der Waals surface area contributed by atoms with Gasteiger partial charge in [-0.2, -0.15) is 0 Å². The maximum Gasteiger partial charge on any atom is 0.264 e. The van der Waals surface area contributed by atoms with Crippen LogP contribution in [-0.2, 0) is 16.6 Å². The smallest absolute Gasteiger partial charge is 0.264 e. The maximum absolute atomic E-state index is 13.7. The van der Waals surface area contributed by atoms with E-state index in [1.807, 2.05) is 24.3 Å². The standard InChI is InChI=1S/C27H22BrN3O4S2/c1-2-31(21-7-4-3-5-8-21)37(33,34)23-13-10-19(11-14-23)26(32)30(18-22-9-6-16-35-22)27-29-24-15-12-20(28)17-25(24)36-27/h3-17H,2,18H2,1H3. The first-order valence-electron chi connectivity index (χ1n) is 11.4. The lowest BCUT2D eigenvalue weighted by Gasteiger charge is -2.23. The zero-order valence-corrected chi connectivity index (χ0v) is 23.0. The Morgan fingerprint density at radius 1 is 1.00 bits per heavy atom. The summed E-state index contributed by atoms with van der Waals surface area (Å²) in [5.74, 6) is 0.295. The van der Waals surface area contributed by atoms with Crippen molar-refractivity contribution in [2.75, 3.05) is 15.7 Å². The minimum atomic E-state index is -3.80. The van der Waals surface area contributed by atoms with Crippen molar-refractivity contribution in [3.8, 4) is 0 Å². The highest BCUT2D eigenvalue weighted by Gasteiger charge is 2.26. The highest BCUT2D eigenvalue weighted by Crippen LogP contribution is 2.33. The van der Waals surface area contributed by atoms with Crippen LogP contribution < -0.4 is 9.21 Å². The van der Waals surface area contributed by atoms with Gasteiger partial charge in [0.1, 0.15) is 5.76 Å². The third kappa shape index (κ3) is 5.18. The molecule has 0 aliphatic rings. The van der Waals surface area contributed by atoms with E-state index in [1.54, 1.807) is 54.5 Å². The van der Waals surface area contributed by atoms with Crippen LogP contribution in [0.5, 0.6) is 0 Å². The summed E-state index contributed by atoms with van der Waals surface area (Å²) >= 11 is 4.87. The van der Waals surface area contributed by atoms with Crippen molar-refractivity contribution in [3.63, 3.8) is 0 Å². The average molecular weight is 597 g/mol. The van der Waals surface area contributed by atoms with Crippen LogP contribution in [0.2, 0.25) is 0 Å². The molecule has 0 unspecified atom stereocenters. The number of aromatic nitrogens is 1. The fourth-order valence-electron chi connectivity index (χ4n) is 3.92. The molecule has 10 heteroatoms. The number of amides is 1. The van der Waals surface area contributed by atoms with E-state index < -0.39 is 10.0 Å². The minimum absolute atomic E-state index is 0.108. The van der Waals surface area contributed by atoms with Crippen LogP contribution in [0.15, 0.2) is 105 Å². The zero-order valence-electron chi connectivity index (χ0n) is 19.7. The van der Waals surface area contributed by atoms with Gasteiger partial charge in [-0.25, -0.2) is 13.4 Å². The summed E-state index contributed by atoms with van der Waals surface area (Å²) in [6.07, 6.45) is 1.55. The first-order valence-corrected chi connectivity index (χ1v) is 14.5. The molecule has 188 valence electrons. The van der Waals surface area contributed by atoms with Gasteiger partial charge >= 0.3 is 0 Å². The van der Waals surface area contributed by atoms with Crippen LogP contribution in [0.25, 0.3) is 10.2 Å². The molecule has 7 nitrogen and oxygen atoms in total. The van der Waals surface area contributed by atoms with E-state index in [0.29, 0.717) is 22.1 Å². The number of hydrogen-bond acceptors (Lipinski definition) is 6. The van der Waals surface area contributed by atoms with Crippen molar-refractivity contribution in [1.82, 2.24) is 4.98 Å². The van der Waals surface area contributed by atoms with Crippen LogP contribution in [0, 0.1) is 0 Å². The van der Waals surface area contributed by atoms with Gasteiger partial charge in [0.25, 0.3) is 15.9 Å². The molecule has 5 rings (SSSR count). The topological polar surface area (TPSA) is 83.7 Å². The minimum Gasteiger partial charge on any atom is -0.467 e. The first-order chi connectivity index (χ1) is 17.9. The molecule has 0 aliphatic carbocycles. The van der Waals surface area contributed by atoms with Gasteiger partial charge in [0.05, 0.1) is 33.6 Å². The van der Waals surface area contributed by atoms with Gasteiger partial charge in [-0.3, -0.25) is 14.0 Å². The van der Waals surface area contributed by atoms with Crippen LogP contribution >= 0.6 is 27.3 Å². The molecule has 0 saturated carbocycles. The summed E-state index contributed by atoms with van der Waals surface area (Å²) in [6, 6.07) is 24.2. The molecule has 0 spiro atoms. The van der Waals surface area contributed by atoms with Crippen molar-refractivity contribution in [1.29, 1.82) is 0 Å². The van der Waals surface area contributed by atoms with Crippen molar-refractivity contribution < 1.29 is 17.6 Å². The van der Waals surface area contributed by atoms with Gasteiger partial charge in [0, 0.05) is 16.6 Å². The molecular formula is C27H22BrN3O4S2. The second-order valence-corrected chi connectivity index (χ2v) is 11.9. The number of para-hydroxylation sites is 1. The first kappa shape index (κ1) is 25.2. The molecule has 0 atom stereocenters. The Balaban J connectivity index is 1.47. The third-order valence-corrected chi connectivity index (χ3v) is 9.18. The number of carbonyl (C=O) groups excluding carboxylic acids is 1. The number of benzene rings is 3. The quantitative estimate of drug-likeness (QED) is 0.199. The largest absolute Gasteiger partial charge is 0.467 e. The van der Waals surface area contributed by atoms with Crippen LogP contribution in [0.4, 0.5) is 10.8 Å². The SMILES string of the molecule is CCN(c1ccccc1)S(=O)(=O)c1ccc(C(=O)N(Cc2ccco2)c2nc3ccc(Br)cc3s2)cc1. The lowest BCUT2D eigenvalue weighted by Crippen LogP contribution is -2.31. The average Bonchev–Trinajstić information content (AvgIpc) is 3.57. The second kappa shape index (κ2) is 10.5. The number of halogens is 1. The molecule has 2 aromatic heterocycles. The van der Waals surface area contributed by atoms with Gasteiger partial charge in [-0.05, 0) is 73.7 Å². The number of hydrogen-bond donors (Lipinski definition) is 0. The molecule has 0 aliphatic heterocycles. The highest BCUT2D eigenvalue weighted by atomic mass is 79.9. The van der Waals surface area contributed by atoms with Crippen molar-refractivity contribution in [3.05, 3.63) is 107 Å². The summed E-state index contributed by atoms with van der Waals surface area (Å²) in [5.41, 5.74) is 1.70. The molecule has 0 saturated heterocycles. The molecule has 5 aromatic rings. The highest BCUT2D eigenvalue weighted by molar-refractivity contribution is 9.10. The fourth-order valence-corrected chi connectivity index (χ4v) is 6.91. The second-order valence-electron chi connectivity index (χ2n) is 8.11. The maximum atomic E-state index is 13.7. The predicted octanol–water partition coefficient (Wildman–Crippen LogP) is 6.71. The fraction of sp³-hybridized carbons (Fsp3) is 0.111. The lowest BCUT2D eigenvalue weighted by molar-refractivity contribution is 0.0983.